The Hall–Kier alpha value is -7.30. The number of rotatable bonds is 5. The SMILES string of the molecule is c1ccc(-c2cc(-c3ccccc3)nc(-c3ccc(-c4ccc5oc6cccc(-n7c8ccccc8c8ccc9ccccc9c87)c6c5c4)cc3)n2)cc1. The minimum atomic E-state index is 0.696. The van der Waals surface area contributed by atoms with Gasteiger partial charge in [-0.2, -0.15) is 0 Å². The molecule has 11 aromatic rings. The third kappa shape index (κ3) is 4.85. The summed E-state index contributed by atoms with van der Waals surface area (Å²) in [7, 11) is 0. The first-order chi connectivity index (χ1) is 26.8. The lowest BCUT2D eigenvalue weighted by Gasteiger charge is -2.12. The Kier molecular flexibility index (Phi) is 6.82. The summed E-state index contributed by atoms with van der Waals surface area (Å²) in [4.78, 5) is 10.1. The molecule has 0 aliphatic rings. The van der Waals surface area contributed by atoms with Crippen molar-refractivity contribution < 1.29 is 4.42 Å². The molecule has 3 heterocycles. The molecule has 0 amide bonds. The molecule has 4 heteroatoms. The lowest BCUT2D eigenvalue weighted by atomic mass is 10.0. The molecule has 0 saturated heterocycles. The van der Waals surface area contributed by atoms with Gasteiger partial charge in [-0.15, -0.1) is 0 Å². The van der Waals surface area contributed by atoms with Gasteiger partial charge in [0.15, 0.2) is 5.82 Å². The number of fused-ring (bicyclic) bond motifs is 8. The third-order valence-corrected chi connectivity index (χ3v) is 10.6. The van der Waals surface area contributed by atoms with E-state index in [1.165, 1.54) is 32.6 Å². The minimum absolute atomic E-state index is 0.696. The van der Waals surface area contributed by atoms with Crippen LogP contribution in [0.15, 0.2) is 192 Å². The Bertz CT molecular complexity index is 3140. The highest BCUT2D eigenvalue weighted by molar-refractivity contribution is 6.20. The van der Waals surface area contributed by atoms with Crippen molar-refractivity contribution in [2.75, 3.05) is 0 Å². The second-order valence-corrected chi connectivity index (χ2v) is 13.8. The maximum atomic E-state index is 6.54. The van der Waals surface area contributed by atoms with Crippen LogP contribution in [0.2, 0.25) is 0 Å². The van der Waals surface area contributed by atoms with Crippen LogP contribution >= 0.6 is 0 Å². The fourth-order valence-corrected chi connectivity index (χ4v) is 8.06. The van der Waals surface area contributed by atoms with Crippen molar-refractivity contribution >= 4 is 54.5 Å². The number of aromatic nitrogens is 3. The topological polar surface area (TPSA) is 43.9 Å². The highest BCUT2D eigenvalue weighted by Crippen LogP contribution is 2.42. The first kappa shape index (κ1) is 30.3. The summed E-state index contributed by atoms with van der Waals surface area (Å²) >= 11 is 0. The number of para-hydroxylation sites is 1. The van der Waals surface area contributed by atoms with Crippen molar-refractivity contribution in [3.63, 3.8) is 0 Å². The Morgan fingerprint density at radius 1 is 0.389 bits per heavy atom. The smallest absolute Gasteiger partial charge is 0.160 e. The number of furan rings is 1. The van der Waals surface area contributed by atoms with Crippen LogP contribution in [0.1, 0.15) is 0 Å². The van der Waals surface area contributed by atoms with Crippen LogP contribution < -0.4 is 0 Å². The summed E-state index contributed by atoms with van der Waals surface area (Å²) < 4.78 is 8.97. The molecule has 4 nitrogen and oxygen atoms in total. The van der Waals surface area contributed by atoms with E-state index in [1.54, 1.807) is 0 Å². The van der Waals surface area contributed by atoms with Gasteiger partial charge in [-0.3, -0.25) is 0 Å². The first-order valence-electron chi connectivity index (χ1n) is 18.2. The largest absolute Gasteiger partial charge is 0.456 e. The van der Waals surface area contributed by atoms with Gasteiger partial charge in [-0.05, 0) is 52.9 Å². The van der Waals surface area contributed by atoms with Gasteiger partial charge in [0, 0.05) is 38.2 Å². The summed E-state index contributed by atoms with van der Waals surface area (Å²) in [5.41, 5.74) is 12.3. The molecule has 54 heavy (non-hydrogen) atoms. The van der Waals surface area contributed by atoms with Gasteiger partial charge in [-0.1, -0.05) is 152 Å². The predicted molar refractivity (Wildman–Crippen MR) is 223 cm³/mol. The molecular formula is C50H31N3O. The van der Waals surface area contributed by atoms with E-state index in [4.69, 9.17) is 14.4 Å². The molecule has 252 valence electrons. The second kappa shape index (κ2) is 12.1. The van der Waals surface area contributed by atoms with E-state index < -0.39 is 0 Å². The van der Waals surface area contributed by atoms with Crippen molar-refractivity contribution in [1.29, 1.82) is 0 Å². The van der Waals surface area contributed by atoms with Gasteiger partial charge in [-0.25, -0.2) is 9.97 Å². The van der Waals surface area contributed by atoms with Crippen LogP contribution in [0.3, 0.4) is 0 Å². The molecule has 3 aromatic heterocycles. The Balaban J connectivity index is 1.05. The highest BCUT2D eigenvalue weighted by Gasteiger charge is 2.20. The lowest BCUT2D eigenvalue weighted by Crippen LogP contribution is -1.96. The van der Waals surface area contributed by atoms with E-state index in [-0.39, 0.29) is 0 Å². The Labute approximate surface area is 311 Å². The molecule has 0 unspecified atom stereocenters. The Morgan fingerprint density at radius 3 is 1.80 bits per heavy atom. The average Bonchev–Trinajstić information content (AvgIpc) is 3.80. The highest BCUT2D eigenvalue weighted by atomic mass is 16.3. The number of hydrogen-bond acceptors (Lipinski definition) is 3. The van der Waals surface area contributed by atoms with Gasteiger partial charge in [0.2, 0.25) is 0 Å². The predicted octanol–water partition coefficient (Wildman–Crippen LogP) is 13.3. The minimum Gasteiger partial charge on any atom is -0.456 e. The molecule has 0 bridgehead atoms. The van der Waals surface area contributed by atoms with Crippen LogP contribution in [-0.2, 0) is 0 Å². The standard InChI is InChI=1S/C50H31N3O/c1-3-13-34(14-4-1)42-31-43(35-15-5-2-6-16-35)52-50(51-42)36-24-22-32(23-25-36)37-27-29-46-41(30-37)48-45(20-11-21-47(48)54-46)53-44-19-10-9-18-39(44)40-28-26-33-12-7-8-17-38(33)49(40)53/h1-31H. The van der Waals surface area contributed by atoms with Crippen molar-refractivity contribution in [2.45, 2.75) is 0 Å². The van der Waals surface area contributed by atoms with Crippen molar-refractivity contribution in [3.8, 4) is 50.7 Å². The number of benzene rings is 8. The van der Waals surface area contributed by atoms with Crippen LogP contribution in [0.25, 0.3) is 105 Å². The second-order valence-electron chi connectivity index (χ2n) is 13.8. The third-order valence-electron chi connectivity index (χ3n) is 10.6. The number of hydrogen-bond donors (Lipinski definition) is 0. The van der Waals surface area contributed by atoms with Crippen LogP contribution in [0, 0.1) is 0 Å². The van der Waals surface area contributed by atoms with Gasteiger partial charge in [0.05, 0.1) is 33.5 Å². The molecule has 8 aromatic carbocycles. The zero-order chi connectivity index (χ0) is 35.6. The normalized spacial score (nSPS) is 11.7. The van der Waals surface area contributed by atoms with Crippen molar-refractivity contribution in [2.24, 2.45) is 0 Å². The van der Waals surface area contributed by atoms with E-state index in [9.17, 15) is 0 Å². The fraction of sp³-hybridized carbons (Fsp3) is 0. The summed E-state index contributed by atoms with van der Waals surface area (Å²) in [5.74, 6) is 0.696. The molecular weight excluding hydrogens is 659 g/mol. The molecule has 0 N–H and O–H groups in total. The number of nitrogens with zero attached hydrogens (tertiary/aromatic N) is 3. The first-order valence-corrected chi connectivity index (χ1v) is 18.2. The molecule has 0 saturated carbocycles. The molecule has 0 aliphatic heterocycles. The van der Waals surface area contributed by atoms with Crippen LogP contribution in [0.5, 0.6) is 0 Å². The maximum Gasteiger partial charge on any atom is 0.160 e. The summed E-state index contributed by atoms with van der Waals surface area (Å²) in [5, 5.41) is 7.10. The van der Waals surface area contributed by atoms with Crippen LogP contribution in [-0.4, -0.2) is 14.5 Å². The summed E-state index contributed by atoms with van der Waals surface area (Å²) in [6.45, 7) is 0. The fourth-order valence-electron chi connectivity index (χ4n) is 8.06. The quantitative estimate of drug-likeness (QED) is 0.181. The Morgan fingerprint density at radius 2 is 1.04 bits per heavy atom. The van der Waals surface area contributed by atoms with E-state index in [0.717, 1.165) is 66.8 Å². The van der Waals surface area contributed by atoms with Gasteiger partial charge in [0.1, 0.15) is 11.2 Å². The van der Waals surface area contributed by atoms with Crippen molar-refractivity contribution in [3.05, 3.63) is 188 Å². The van der Waals surface area contributed by atoms with Crippen LogP contribution in [0.4, 0.5) is 0 Å². The van der Waals surface area contributed by atoms with Crippen molar-refractivity contribution in [1.82, 2.24) is 14.5 Å². The van der Waals surface area contributed by atoms with E-state index in [0.29, 0.717) is 5.82 Å². The zero-order valence-corrected chi connectivity index (χ0v) is 29.1. The maximum absolute atomic E-state index is 6.54. The van der Waals surface area contributed by atoms with E-state index in [1.807, 2.05) is 36.4 Å². The zero-order valence-electron chi connectivity index (χ0n) is 29.1. The molecule has 0 atom stereocenters. The lowest BCUT2D eigenvalue weighted by molar-refractivity contribution is 0.669. The van der Waals surface area contributed by atoms with E-state index in [2.05, 4.69) is 156 Å². The molecule has 0 fully saturated rings. The van der Waals surface area contributed by atoms with Gasteiger partial charge >= 0.3 is 0 Å². The molecule has 11 rings (SSSR count). The molecule has 0 spiro atoms. The van der Waals surface area contributed by atoms with E-state index >= 15 is 0 Å². The monoisotopic (exact) mass is 689 g/mol. The van der Waals surface area contributed by atoms with Gasteiger partial charge < -0.3 is 8.98 Å². The van der Waals surface area contributed by atoms with Gasteiger partial charge in [0.25, 0.3) is 0 Å². The summed E-state index contributed by atoms with van der Waals surface area (Å²) in [6, 6.07) is 66.0. The molecule has 0 radical (unpaired) electrons. The molecule has 0 aliphatic carbocycles. The average molecular weight is 690 g/mol. The summed E-state index contributed by atoms with van der Waals surface area (Å²) in [6.07, 6.45) is 0.